The third kappa shape index (κ3) is 1.50. The van der Waals surface area contributed by atoms with Gasteiger partial charge >= 0.3 is 0 Å². The minimum atomic E-state index is 0.660. The molecule has 0 saturated carbocycles. The van der Waals surface area contributed by atoms with Crippen LogP contribution in [0.15, 0.2) is 36.8 Å². The highest BCUT2D eigenvalue weighted by molar-refractivity contribution is 5.60. The lowest BCUT2D eigenvalue weighted by Gasteiger charge is -1.95. The van der Waals surface area contributed by atoms with E-state index in [0.717, 1.165) is 11.3 Å². The zero-order valence-electron chi connectivity index (χ0n) is 7.81. The lowest BCUT2D eigenvalue weighted by Crippen LogP contribution is -1.80. The standard InChI is InChI=1S/C11H9N3/c1-14-7-11(13-8-14)10-4-2-3-9(5-10)6-12/h2-5,7-8H,1H3. The van der Waals surface area contributed by atoms with Gasteiger partial charge in [-0.25, -0.2) is 4.98 Å². The summed E-state index contributed by atoms with van der Waals surface area (Å²) in [6, 6.07) is 9.54. The Balaban J connectivity index is 2.47. The molecule has 0 radical (unpaired) electrons. The van der Waals surface area contributed by atoms with Crippen molar-refractivity contribution in [1.29, 1.82) is 5.26 Å². The lowest BCUT2D eigenvalue weighted by molar-refractivity contribution is 0.913. The molecule has 0 aliphatic heterocycles. The Labute approximate surface area is 82.2 Å². The van der Waals surface area contributed by atoms with Crippen LogP contribution in [0.4, 0.5) is 0 Å². The first-order valence-corrected chi connectivity index (χ1v) is 4.28. The van der Waals surface area contributed by atoms with Crippen molar-refractivity contribution < 1.29 is 0 Å². The average molecular weight is 183 g/mol. The maximum absolute atomic E-state index is 8.74. The molecule has 1 heterocycles. The fraction of sp³-hybridized carbons (Fsp3) is 0.0909. The SMILES string of the molecule is Cn1cnc(-c2cccc(C#N)c2)c1. The molecule has 0 saturated heterocycles. The highest BCUT2D eigenvalue weighted by Gasteiger charge is 2.00. The Morgan fingerprint density at radius 3 is 2.93 bits per heavy atom. The molecule has 0 fully saturated rings. The zero-order chi connectivity index (χ0) is 9.97. The summed E-state index contributed by atoms with van der Waals surface area (Å²) in [7, 11) is 1.92. The smallest absolute Gasteiger partial charge is 0.0991 e. The van der Waals surface area contributed by atoms with Crippen LogP contribution in [0.25, 0.3) is 11.3 Å². The van der Waals surface area contributed by atoms with Gasteiger partial charge in [-0.1, -0.05) is 12.1 Å². The van der Waals surface area contributed by atoms with E-state index >= 15 is 0 Å². The maximum atomic E-state index is 8.74. The molecule has 3 nitrogen and oxygen atoms in total. The number of nitrogens with zero attached hydrogens (tertiary/aromatic N) is 3. The number of aryl methyl sites for hydroxylation is 1. The molecule has 0 bridgehead atoms. The predicted molar refractivity (Wildman–Crippen MR) is 53.4 cm³/mol. The molecule has 2 aromatic rings. The number of imidazole rings is 1. The molecule has 14 heavy (non-hydrogen) atoms. The van der Waals surface area contributed by atoms with Crippen LogP contribution in [0.1, 0.15) is 5.56 Å². The lowest BCUT2D eigenvalue weighted by atomic mass is 10.1. The maximum Gasteiger partial charge on any atom is 0.0991 e. The minimum Gasteiger partial charge on any atom is -0.340 e. The van der Waals surface area contributed by atoms with E-state index in [1.807, 2.05) is 36.0 Å². The first-order valence-electron chi connectivity index (χ1n) is 4.28. The third-order valence-corrected chi connectivity index (χ3v) is 1.99. The fourth-order valence-electron chi connectivity index (χ4n) is 1.31. The van der Waals surface area contributed by atoms with Gasteiger partial charge in [0, 0.05) is 18.8 Å². The van der Waals surface area contributed by atoms with Crippen LogP contribution in [0, 0.1) is 11.3 Å². The van der Waals surface area contributed by atoms with Gasteiger partial charge in [0.2, 0.25) is 0 Å². The highest BCUT2D eigenvalue weighted by Crippen LogP contribution is 2.17. The summed E-state index contributed by atoms with van der Waals surface area (Å²) in [6.45, 7) is 0. The van der Waals surface area contributed by atoms with E-state index in [2.05, 4.69) is 11.1 Å². The van der Waals surface area contributed by atoms with E-state index in [0.29, 0.717) is 5.56 Å². The van der Waals surface area contributed by atoms with Crippen LogP contribution in [0.5, 0.6) is 0 Å². The molecular formula is C11H9N3. The van der Waals surface area contributed by atoms with E-state index in [4.69, 9.17) is 5.26 Å². The summed E-state index contributed by atoms with van der Waals surface area (Å²) in [5.41, 5.74) is 2.53. The minimum absolute atomic E-state index is 0.660. The number of aromatic nitrogens is 2. The summed E-state index contributed by atoms with van der Waals surface area (Å²) >= 11 is 0. The second-order valence-corrected chi connectivity index (χ2v) is 3.12. The van der Waals surface area contributed by atoms with Crippen molar-refractivity contribution in [3.8, 4) is 17.3 Å². The van der Waals surface area contributed by atoms with Crippen LogP contribution in [-0.4, -0.2) is 9.55 Å². The van der Waals surface area contributed by atoms with Gasteiger partial charge in [0.1, 0.15) is 0 Å². The number of rotatable bonds is 1. The van der Waals surface area contributed by atoms with E-state index < -0.39 is 0 Å². The second kappa shape index (κ2) is 3.35. The molecule has 2 rings (SSSR count). The topological polar surface area (TPSA) is 41.6 Å². The Morgan fingerprint density at radius 2 is 2.29 bits per heavy atom. The van der Waals surface area contributed by atoms with Crippen LogP contribution in [0.3, 0.4) is 0 Å². The molecule has 1 aromatic carbocycles. The Morgan fingerprint density at radius 1 is 1.43 bits per heavy atom. The molecule has 0 spiro atoms. The van der Waals surface area contributed by atoms with Crippen molar-refractivity contribution in [2.75, 3.05) is 0 Å². The number of benzene rings is 1. The Hall–Kier alpha value is -2.08. The summed E-state index contributed by atoms with van der Waals surface area (Å²) in [5, 5.41) is 8.74. The molecule has 0 amide bonds. The first-order chi connectivity index (χ1) is 6.79. The summed E-state index contributed by atoms with van der Waals surface area (Å²) < 4.78 is 1.88. The highest BCUT2D eigenvalue weighted by atomic mass is 15.0. The van der Waals surface area contributed by atoms with E-state index in [1.165, 1.54) is 0 Å². The van der Waals surface area contributed by atoms with Gasteiger partial charge < -0.3 is 4.57 Å². The quantitative estimate of drug-likeness (QED) is 0.678. The number of nitriles is 1. The molecule has 0 atom stereocenters. The summed E-state index contributed by atoms with van der Waals surface area (Å²) in [6.07, 6.45) is 3.67. The molecule has 0 aliphatic rings. The van der Waals surface area contributed by atoms with Crippen molar-refractivity contribution in [2.45, 2.75) is 0 Å². The predicted octanol–water partition coefficient (Wildman–Crippen LogP) is 1.96. The van der Waals surface area contributed by atoms with E-state index in [1.54, 1.807) is 12.4 Å². The van der Waals surface area contributed by atoms with E-state index in [9.17, 15) is 0 Å². The van der Waals surface area contributed by atoms with E-state index in [-0.39, 0.29) is 0 Å². The van der Waals surface area contributed by atoms with Gasteiger partial charge in [0.15, 0.2) is 0 Å². The first kappa shape index (κ1) is 8.52. The number of hydrogen-bond donors (Lipinski definition) is 0. The summed E-state index contributed by atoms with van der Waals surface area (Å²) in [5.74, 6) is 0. The molecule has 0 unspecified atom stereocenters. The molecule has 0 N–H and O–H groups in total. The van der Waals surface area contributed by atoms with Gasteiger partial charge in [-0.2, -0.15) is 5.26 Å². The van der Waals surface area contributed by atoms with Gasteiger partial charge in [-0.3, -0.25) is 0 Å². The molecule has 1 aromatic heterocycles. The third-order valence-electron chi connectivity index (χ3n) is 1.99. The Kier molecular flexibility index (Phi) is 2.04. The van der Waals surface area contributed by atoms with Gasteiger partial charge in [0.25, 0.3) is 0 Å². The summed E-state index contributed by atoms with van der Waals surface area (Å²) in [4.78, 5) is 4.21. The van der Waals surface area contributed by atoms with Gasteiger partial charge in [-0.05, 0) is 12.1 Å². The van der Waals surface area contributed by atoms with Gasteiger partial charge in [-0.15, -0.1) is 0 Å². The molecular weight excluding hydrogens is 174 g/mol. The largest absolute Gasteiger partial charge is 0.340 e. The average Bonchev–Trinajstić information content (AvgIpc) is 2.65. The van der Waals surface area contributed by atoms with Crippen LogP contribution in [0.2, 0.25) is 0 Å². The van der Waals surface area contributed by atoms with Crippen LogP contribution >= 0.6 is 0 Å². The molecule has 3 heteroatoms. The molecule has 68 valence electrons. The zero-order valence-corrected chi connectivity index (χ0v) is 7.81. The van der Waals surface area contributed by atoms with Gasteiger partial charge in [0.05, 0.1) is 23.7 Å². The fourth-order valence-corrected chi connectivity index (χ4v) is 1.31. The van der Waals surface area contributed by atoms with Crippen molar-refractivity contribution in [3.05, 3.63) is 42.4 Å². The normalized spacial score (nSPS) is 9.71. The number of hydrogen-bond acceptors (Lipinski definition) is 2. The van der Waals surface area contributed by atoms with Crippen molar-refractivity contribution in [2.24, 2.45) is 7.05 Å². The van der Waals surface area contributed by atoms with Crippen LogP contribution in [-0.2, 0) is 7.05 Å². The monoisotopic (exact) mass is 183 g/mol. The van der Waals surface area contributed by atoms with Crippen molar-refractivity contribution >= 4 is 0 Å². The Bertz CT molecular complexity index is 491. The van der Waals surface area contributed by atoms with Crippen molar-refractivity contribution in [3.63, 3.8) is 0 Å². The second-order valence-electron chi connectivity index (χ2n) is 3.12. The van der Waals surface area contributed by atoms with Crippen molar-refractivity contribution in [1.82, 2.24) is 9.55 Å². The molecule has 0 aliphatic carbocycles. The van der Waals surface area contributed by atoms with Crippen LogP contribution < -0.4 is 0 Å².